The predicted molar refractivity (Wildman–Crippen MR) is 116 cm³/mol. The number of nitrogens with zero attached hydrogens (tertiary/aromatic N) is 2. The highest BCUT2D eigenvalue weighted by Gasteiger charge is 2.44. The number of ether oxygens (including phenoxy) is 1. The molecule has 1 aromatic rings. The molecular formula is C22H31N3O5S. The number of carbonyl (C=O) groups is 2. The Bertz CT molecular complexity index is 958. The van der Waals surface area contributed by atoms with E-state index in [2.05, 4.69) is 5.32 Å². The summed E-state index contributed by atoms with van der Waals surface area (Å²) in [6, 6.07) is 7.58. The van der Waals surface area contributed by atoms with Crippen LogP contribution in [0.1, 0.15) is 50.1 Å². The van der Waals surface area contributed by atoms with Crippen molar-refractivity contribution in [3.8, 4) is 5.75 Å². The molecule has 2 atom stereocenters. The van der Waals surface area contributed by atoms with Crippen molar-refractivity contribution >= 4 is 21.8 Å². The average molecular weight is 450 g/mol. The van der Waals surface area contributed by atoms with Gasteiger partial charge in [0.2, 0.25) is 21.8 Å². The maximum atomic E-state index is 13.1. The van der Waals surface area contributed by atoms with Crippen molar-refractivity contribution in [1.82, 2.24) is 14.5 Å². The molecule has 0 radical (unpaired) electrons. The number of fused-ring (bicyclic) bond motifs is 1. The largest absolute Gasteiger partial charge is 0.487 e. The lowest BCUT2D eigenvalue weighted by Gasteiger charge is -2.42. The number of sulfonamides is 1. The number of piperidine rings is 1. The third-order valence-corrected chi connectivity index (χ3v) is 8.23. The molecule has 31 heavy (non-hydrogen) atoms. The molecule has 170 valence electrons. The first-order chi connectivity index (χ1) is 14.7. The smallest absolute Gasteiger partial charge is 0.223 e. The van der Waals surface area contributed by atoms with E-state index < -0.39 is 15.6 Å². The SMILES string of the molecule is CN1CCC2(CCC1=O)CC(NC(=O)C1CCN(S(C)(=O)=O)CC1)c1ccccc1O2. The minimum absolute atomic E-state index is 0.0354. The van der Waals surface area contributed by atoms with Crippen molar-refractivity contribution in [3.05, 3.63) is 29.8 Å². The molecule has 2 unspecified atom stereocenters. The van der Waals surface area contributed by atoms with Crippen LogP contribution in [0.25, 0.3) is 0 Å². The normalized spacial score (nSPS) is 28.0. The number of likely N-dealkylation sites (tertiary alicyclic amines) is 1. The first-order valence-corrected chi connectivity index (χ1v) is 12.8. The molecule has 2 amide bonds. The van der Waals surface area contributed by atoms with Crippen LogP contribution in [-0.2, 0) is 19.6 Å². The fourth-order valence-corrected chi connectivity index (χ4v) is 5.81. The lowest BCUT2D eigenvalue weighted by atomic mass is 9.82. The van der Waals surface area contributed by atoms with E-state index in [1.807, 2.05) is 31.3 Å². The summed E-state index contributed by atoms with van der Waals surface area (Å²) in [7, 11) is -1.40. The predicted octanol–water partition coefficient (Wildman–Crippen LogP) is 1.68. The van der Waals surface area contributed by atoms with Gasteiger partial charge in [0.15, 0.2) is 0 Å². The van der Waals surface area contributed by atoms with Crippen LogP contribution in [0.5, 0.6) is 5.75 Å². The van der Waals surface area contributed by atoms with E-state index in [1.165, 1.54) is 10.6 Å². The van der Waals surface area contributed by atoms with Gasteiger partial charge >= 0.3 is 0 Å². The molecule has 8 nitrogen and oxygen atoms in total. The van der Waals surface area contributed by atoms with Crippen LogP contribution in [0.3, 0.4) is 0 Å². The second kappa shape index (κ2) is 8.43. The number of carbonyl (C=O) groups excluding carboxylic acids is 2. The summed E-state index contributed by atoms with van der Waals surface area (Å²) in [5, 5.41) is 3.23. The molecule has 3 heterocycles. The van der Waals surface area contributed by atoms with Crippen LogP contribution in [0, 0.1) is 5.92 Å². The third-order valence-electron chi connectivity index (χ3n) is 6.93. The number of rotatable bonds is 3. The molecule has 0 aromatic heterocycles. The monoisotopic (exact) mass is 449 g/mol. The van der Waals surface area contributed by atoms with Crippen molar-refractivity contribution in [2.24, 2.45) is 5.92 Å². The zero-order valence-corrected chi connectivity index (χ0v) is 19.0. The first-order valence-electron chi connectivity index (χ1n) is 10.9. The van der Waals surface area contributed by atoms with Gasteiger partial charge in [-0.1, -0.05) is 18.2 Å². The Balaban J connectivity index is 1.49. The van der Waals surface area contributed by atoms with Crippen molar-refractivity contribution in [3.63, 3.8) is 0 Å². The van der Waals surface area contributed by atoms with Gasteiger partial charge in [-0.15, -0.1) is 0 Å². The van der Waals surface area contributed by atoms with Gasteiger partial charge in [-0.3, -0.25) is 9.59 Å². The van der Waals surface area contributed by atoms with Gasteiger partial charge in [0.05, 0.1) is 12.3 Å². The Morgan fingerprint density at radius 1 is 1.16 bits per heavy atom. The van der Waals surface area contributed by atoms with Gasteiger partial charge in [0, 0.05) is 57.4 Å². The molecule has 0 bridgehead atoms. The molecule has 3 aliphatic rings. The number of hydrogen-bond acceptors (Lipinski definition) is 5. The van der Waals surface area contributed by atoms with Crippen molar-refractivity contribution in [2.45, 2.75) is 50.2 Å². The fourth-order valence-electron chi connectivity index (χ4n) is 4.94. The highest BCUT2D eigenvalue weighted by atomic mass is 32.2. The average Bonchev–Trinajstić information content (AvgIpc) is 2.87. The summed E-state index contributed by atoms with van der Waals surface area (Å²) in [4.78, 5) is 27.0. The van der Waals surface area contributed by atoms with Gasteiger partial charge in [0.1, 0.15) is 11.4 Å². The number of benzene rings is 1. The molecule has 2 fully saturated rings. The Labute approximate surface area is 184 Å². The van der Waals surface area contributed by atoms with E-state index in [4.69, 9.17) is 4.74 Å². The van der Waals surface area contributed by atoms with Crippen LogP contribution >= 0.6 is 0 Å². The summed E-state index contributed by atoms with van der Waals surface area (Å²) in [5.41, 5.74) is 0.478. The molecule has 0 aliphatic carbocycles. The molecule has 1 aromatic carbocycles. The van der Waals surface area contributed by atoms with E-state index in [0.29, 0.717) is 51.7 Å². The summed E-state index contributed by atoms with van der Waals surface area (Å²) in [6.07, 6.45) is 4.66. The number of amides is 2. The molecule has 1 spiro atoms. The lowest BCUT2D eigenvalue weighted by molar-refractivity contribution is -0.130. The van der Waals surface area contributed by atoms with Crippen LogP contribution in [0.15, 0.2) is 24.3 Å². The molecule has 4 rings (SSSR count). The Kier molecular flexibility index (Phi) is 6.00. The maximum absolute atomic E-state index is 13.1. The highest BCUT2D eigenvalue weighted by molar-refractivity contribution is 7.88. The van der Waals surface area contributed by atoms with E-state index in [-0.39, 0.29) is 23.8 Å². The second-order valence-corrected chi connectivity index (χ2v) is 11.1. The van der Waals surface area contributed by atoms with Gasteiger partial charge in [-0.2, -0.15) is 0 Å². The van der Waals surface area contributed by atoms with Gasteiger partial charge in [-0.05, 0) is 25.3 Å². The summed E-state index contributed by atoms with van der Waals surface area (Å²) >= 11 is 0. The zero-order chi connectivity index (χ0) is 22.2. The lowest BCUT2D eigenvalue weighted by Crippen LogP contribution is -2.48. The Morgan fingerprint density at radius 3 is 2.58 bits per heavy atom. The van der Waals surface area contributed by atoms with E-state index >= 15 is 0 Å². The van der Waals surface area contributed by atoms with Crippen LogP contribution in [0.2, 0.25) is 0 Å². The molecule has 1 N–H and O–H groups in total. The maximum Gasteiger partial charge on any atom is 0.223 e. The van der Waals surface area contributed by atoms with Crippen molar-refractivity contribution in [2.75, 3.05) is 32.9 Å². The minimum Gasteiger partial charge on any atom is -0.487 e. The Morgan fingerprint density at radius 2 is 1.87 bits per heavy atom. The minimum atomic E-state index is -3.22. The van der Waals surface area contributed by atoms with E-state index in [9.17, 15) is 18.0 Å². The van der Waals surface area contributed by atoms with Crippen molar-refractivity contribution < 1.29 is 22.7 Å². The number of hydrogen-bond donors (Lipinski definition) is 1. The second-order valence-electron chi connectivity index (χ2n) is 9.09. The van der Waals surface area contributed by atoms with E-state index in [1.54, 1.807) is 4.90 Å². The van der Waals surface area contributed by atoms with Crippen LogP contribution in [-0.4, -0.2) is 68.0 Å². The van der Waals surface area contributed by atoms with Gasteiger partial charge < -0.3 is 15.0 Å². The molecular weight excluding hydrogens is 418 g/mol. The Hall–Kier alpha value is -2.13. The first kappa shape index (κ1) is 22.1. The van der Waals surface area contributed by atoms with Gasteiger partial charge in [0.25, 0.3) is 0 Å². The summed E-state index contributed by atoms with van der Waals surface area (Å²) in [6.45, 7) is 1.38. The molecule has 3 aliphatic heterocycles. The standard InChI is InChI=1S/C22H31N3O5S/c1-24-14-11-22(10-7-20(24)26)15-18(17-5-3-4-6-19(17)30-22)23-21(27)16-8-12-25(13-9-16)31(2,28)29/h3-6,16,18H,7-15H2,1-2H3,(H,23,27). The topological polar surface area (TPSA) is 96.0 Å². The molecule has 2 saturated heterocycles. The van der Waals surface area contributed by atoms with Crippen LogP contribution < -0.4 is 10.1 Å². The number of para-hydroxylation sites is 1. The van der Waals surface area contributed by atoms with Crippen LogP contribution in [0.4, 0.5) is 0 Å². The molecule has 9 heteroatoms. The third kappa shape index (κ3) is 4.72. The highest BCUT2D eigenvalue weighted by Crippen LogP contribution is 2.44. The quantitative estimate of drug-likeness (QED) is 0.758. The van der Waals surface area contributed by atoms with E-state index in [0.717, 1.165) is 17.7 Å². The summed E-state index contributed by atoms with van der Waals surface area (Å²) in [5.74, 6) is 0.651. The zero-order valence-electron chi connectivity index (χ0n) is 18.2. The van der Waals surface area contributed by atoms with Crippen molar-refractivity contribution in [1.29, 1.82) is 0 Å². The molecule has 0 saturated carbocycles. The number of nitrogens with one attached hydrogen (secondary N) is 1. The summed E-state index contributed by atoms with van der Waals surface area (Å²) < 4.78 is 31.4. The van der Waals surface area contributed by atoms with Gasteiger partial charge in [-0.25, -0.2) is 12.7 Å². The fraction of sp³-hybridized carbons (Fsp3) is 0.636.